The molecule has 0 aromatic heterocycles. The lowest BCUT2D eigenvalue weighted by atomic mass is 9.80. The van der Waals surface area contributed by atoms with Crippen molar-refractivity contribution in [2.45, 2.75) is 127 Å². The van der Waals surface area contributed by atoms with E-state index in [0.717, 1.165) is 34.2 Å². The van der Waals surface area contributed by atoms with Gasteiger partial charge in [-0.25, -0.2) is 4.79 Å². The number of rotatable bonds is 14. The summed E-state index contributed by atoms with van der Waals surface area (Å²) in [5.41, 5.74) is -6.56. The minimum Gasteiger partial charge on any atom is -0.460 e. The van der Waals surface area contributed by atoms with Crippen molar-refractivity contribution in [3.05, 3.63) is 101 Å². The predicted molar refractivity (Wildman–Crippen MR) is 213 cm³/mol. The van der Waals surface area contributed by atoms with Crippen LogP contribution in [-0.4, -0.2) is 78.4 Å². The fraction of sp³-hybridized carbons (Fsp3) is 0.523. The highest BCUT2D eigenvalue weighted by Gasteiger charge is 2.60. The number of fused-ring (bicyclic) bond motifs is 1. The smallest absolute Gasteiger partial charge is 0.416 e. The number of ether oxygens (including phenoxy) is 3. The Morgan fingerprint density at radius 1 is 0.855 bits per heavy atom. The van der Waals surface area contributed by atoms with E-state index in [1.807, 2.05) is 0 Å². The summed E-state index contributed by atoms with van der Waals surface area (Å²) < 4.78 is 152. The Balaban J connectivity index is 1.67. The second-order valence-electron chi connectivity index (χ2n) is 16.3. The molecule has 2 aliphatic rings. The van der Waals surface area contributed by atoms with Gasteiger partial charge in [-0.05, 0) is 94.7 Å². The van der Waals surface area contributed by atoms with Crippen LogP contribution in [0.2, 0.25) is 0 Å². The quantitative estimate of drug-likeness (QED) is 0.0979. The standard InChI is InChI=1S/C44H51F9N4O5/c1-6-41(24-23-31-26-32(42(45,46)47)21-22-33(31)57(41)38(59)60-7-2)55-37-54-27-40(35(43(48,49)50)29-16-10-8-11-17-29,61-25-15-14-20-34(58)62-39(3,4)5)28-56(37)36(44(51,52)53)30-18-12-9-13-19-30/h8-13,16-19,21-22,26-27,35-37,55H,6-7,14-15,20,23-25,28H2,1-5H3. The molecular formula is C44H51F9N4O5. The molecule has 0 spiro atoms. The van der Waals surface area contributed by atoms with Crippen LogP contribution in [0.15, 0.2) is 83.9 Å². The summed E-state index contributed by atoms with van der Waals surface area (Å²) in [6.45, 7) is 6.48. The van der Waals surface area contributed by atoms with Crippen molar-refractivity contribution in [2.24, 2.45) is 4.99 Å². The SMILES string of the molecule is CCOC(=O)N1c2ccc(C(F)(F)F)cc2CCC1(CC)NC1N=CC(OCCCCC(=O)OC(C)(C)C)(C(c2ccccc2)C(F)(F)F)CN1C(c1ccccc1)C(F)(F)F. The number of carbonyl (C=O) groups excluding carboxylic acids is 2. The molecule has 3 aromatic rings. The highest BCUT2D eigenvalue weighted by atomic mass is 19.4. The number of benzene rings is 3. The van der Waals surface area contributed by atoms with E-state index in [1.54, 1.807) is 27.7 Å². The Bertz CT molecular complexity index is 2010. The Hall–Kier alpha value is -4.68. The van der Waals surface area contributed by atoms with Gasteiger partial charge in [0, 0.05) is 25.8 Å². The highest BCUT2D eigenvalue weighted by molar-refractivity contribution is 5.91. The van der Waals surface area contributed by atoms with Crippen LogP contribution >= 0.6 is 0 Å². The number of alkyl halides is 9. The molecule has 0 bridgehead atoms. The number of unbranched alkanes of at least 4 members (excludes halogenated alkanes) is 1. The van der Waals surface area contributed by atoms with Gasteiger partial charge in [-0.1, -0.05) is 67.6 Å². The van der Waals surface area contributed by atoms with Crippen LogP contribution < -0.4 is 10.2 Å². The van der Waals surface area contributed by atoms with Crippen molar-refractivity contribution < 1.29 is 63.3 Å². The second kappa shape index (κ2) is 19.0. The van der Waals surface area contributed by atoms with Gasteiger partial charge in [0.25, 0.3) is 0 Å². The fourth-order valence-electron chi connectivity index (χ4n) is 8.14. The molecule has 340 valence electrons. The number of halogens is 9. The highest BCUT2D eigenvalue weighted by Crippen LogP contribution is 2.49. The van der Waals surface area contributed by atoms with E-state index in [0.29, 0.717) is 0 Å². The third kappa shape index (κ3) is 11.3. The first-order valence-electron chi connectivity index (χ1n) is 20.3. The summed E-state index contributed by atoms with van der Waals surface area (Å²) in [5, 5.41) is 3.07. The minimum atomic E-state index is -5.14. The summed E-state index contributed by atoms with van der Waals surface area (Å²) in [7, 11) is 0. The molecule has 18 heteroatoms. The monoisotopic (exact) mass is 886 g/mol. The molecule has 9 nitrogen and oxygen atoms in total. The van der Waals surface area contributed by atoms with Crippen molar-refractivity contribution >= 4 is 24.0 Å². The molecular weight excluding hydrogens is 835 g/mol. The number of hydrogen-bond acceptors (Lipinski definition) is 8. The van der Waals surface area contributed by atoms with E-state index >= 15 is 26.3 Å². The molecule has 5 atom stereocenters. The van der Waals surface area contributed by atoms with Crippen LogP contribution in [0.25, 0.3) is 0 Å². The first-order chi connectivity index (χ1) is 28.9. The number of nitrogens with zero attached hydrogens (tertiary/aromatic N) is 3. The van der Waals surface area contributed by atoms with E-state index in [-0.39, 0.29) is 67.5 Å². The van der Waals surface area contributed by atoms with Crippen molar-refractivity contribution in [3.63, 3.8) is 0 Å². The van der Waals surface area contributed by atoms with Crippen LogP contribution in [-0.2, 0) is 31.6 Å². The van der Waals surface area contributed by atoms with Gasteiger partial charge < -0.3 is 14.2 Å². The van der Waals surface area contributed by atoms with Crippen LogP contribution in [0.3, 0.4) is 0 Å². The molecule has 5 unspecified atom stereocenters. The zero-order valence-electron chi connectivity index (χ0n) is 35.0. The van der Waals surface area contributed by atoms with Crippen molar-refractivity contribution in [2.75, 3.05) is 24.7 Å². The third-order valence-electron chi connectivity index (χ3n) is 10.8. The molecule has 0 aliphatic carbocycles. The number of anilines is 1. The summed E-state index contributed by atoms with van der Waals surface area (Å²) in [4.78, 5) is 32.5. The number of hydrogen-bond donors (Lipinski definition) is 1. The molecule has 0 saturated heterocycles. The molecule has 0 radical (unpaired) electrons. The number of aryl methyl sites for hydroxylation is 1. The van der Waals surface area contributed by atoms with Gasteiger partial charge in [-0.15, -0.1) is 0 Å². The maximum atomic E-state index is 15.7. The lowest BCUT2D eigenvalue weighted by Crippen LogP contribution is -2.71. The molecule has 1 N–H and O–H groups in total. The second-order valence-corrected chi connectivity index (χ2v) is 16.3. The molecule has 0 saturated carbocycles. The summed E-state index contributed by atoms with van der Waals surface area (Å²) >= 11 is 0. The lowest BCUT2D eigenvalue weighted by molar-refractivity contribution is -0.223. The van der Waals surface area contributed by atoms with Crippen LogP contribution in [0.4, 0.5) is 50.0 Å². The summed E-state index contributed by atoms with van der Waals surface area (Å²) in [5.74, 6) is -3.10. The maximum absolute atomic E-state index is 15.7. The van der Waals surface area contributed by atoms with Crippen molar-refractivity contribution in [3.8, 4) is 0 Å². The molecule has 0 fully saturated rings. The van der Waals surface area contributed by atoms with Crippen LogP contribution in [0.5, 0.6) is 0 Å². The topological polar surface area (TPSA) is 92.7 Å². The molecule has 2 aliphatic heterocycles. The van der Waals surface area contributed by atoms with Gasteiger partial charge >= 0.3 is 30.6 Å². The van der Waals surface area contributed by atoms with Gasteiger partial charge in [0.05, 0.1) is 17.9 Å². The lowest BCUT2D eigenvalue weighted by Gasteiger charge is -2.53. The summed E-state index contributed by atoms with van der Waals surface area (Å²) in [6, 6.07) is 13.3. The molecule has 1 amide bonds. The van der Waals surface area contributed by atoms with E-state index in [1.165, 1.54) is 67.6 Å². The normalized spacial score (nSPS) is 22.2. The van der Waals surface area contributed by atoms with Crippen molar-refractivity contribution in [1.29, 1.82) is 0 Å². The van der Waals surface area contributed by atoms with E-state index < -0.39 is 84.4 Å². The van der Waals surface area contributed by atoms with Gasteiger partial charge in [-0.3, -0.25) is 24.9 Å². The number of nitrogens with one attached hydrogen (secondary N) is 1. The first kappa shape index (κ1) is 48.4. The van der Waals surface area contributed by atoms with Crippen molar-refractivity contribution in [1.82, 2.24) is 10.2 Å². The number of amides is 1. The van der Waals surface area contributed by atoms with Gasteiger partial charge in [0.2, 0.25) is 0 Å². The fourth-order valence-corrected chi connectivity index (χ4v) is 8.14. The van der Waals surface area contributed by atoms with Crippen LogP contribution in [0.1, 0.15) is 101 Å². The average Bonchev–Trinajstić information content (AvgIpc) is 3.17. The Morgan fingerprint density at radius 3 is 2.03 bits per heavy atom. The Morgan fingerprint density at radius 2 is 1.48 bits per heavy atom. The summed E-state index contributed by atoms with van der Waals surface area (Å²) in [6.07, 6.45) is -17.1. The largest absolute Gasteiger partial charge is 0.460 e. The minimum absolute atomic E-state index is 0.00379. The van der Waals surface area contributed by atoms with E-state index in [9.17, 15) is 22.8 Å². The van der Waals surface area contributed by atoms with Gasteiger partial charge in [-0.2, -0.15) is 39.5 Å². The molecule has 2 heterocycles. The zero-order valence-corrected chi connectivity index (χ0v) is 35.0. The first-order valence-corrected chi connectivity index (χ1v) is 20.3. The predicted octanol–water partition coefficient (Wildman–Crippen LogP) is 10.9. The molecule has 5 rings (SSSR count). The van der Waals surface area contributed by atoms with Gasteiger partial charge in [0.15, 0.2) is 6.29 Å². The Labute approximate surface area is 354 Å². The van der Waals surface area contributed by atoms with E-state index in [4.69, 9.17) is 14.2 Å². The number of carbonyl (C=O) groups is 2. The number of esters is 1. The zero-order chi connectivity index (χ0) is 45.7. The third-order valence-corrected chi connectivity index (χ3v) is 10.8. The molecule has 62 heavy (non-hydrogen) atoms. The maximum Gasteiger partial charge on any atom is 0.416 e. The average molecular weight is 887 g/mol. The van der Waals surface area contributed by atoms with E-state index in [2.05, 4.69) is 10.3 Å². The molecule has 3 aromatic carbocycles. The van der Waals surface area contributed by atoms with Gasteiger partial charge in [0.1, 0.15) is 28.8 Å². The Kier molecular flexibility index (Phi) is 14.8. The van der Waals surface area contributed by atoms with Crippen LogP contribution in [0, 0.1) is 0 Å². The number of aliphatic imine (C=N–C) groups is 1.